The van der Waals surface area contributed by atoms with Gasteiger partial charge < -0.3 is 0 Å². The summed E-state index contributed by atoms with van der Waals surface area (Å²) in [6.45, 7) is 0.257. The fourth-order valence-electron chi connectivity index (χ4n) is 1.16. The molecule has 4 nitrogen and oxygen atoms in total. The largest absolute Gasteiger partial charge is 0.408 e. The van der Waals surface area contributed by atoms with E-state index in [1.165, 1.54) is 0 Å². The van der Waals surface area contributed by atoms with Crippen molar-refractivity contribution in [3.8, 4) is 0 Å². The number of aryl methyl sites for hydroxylation is 1. The van der Waals surface area contributed by atoms with Crippen molar-refractivity contribution in [1.29, 1.82) is 0 Å². The lowest BCUT2D eigenvalue weighted by atomic mass is 10.3. The molecule has 92 valence electrons. The highest BCUT2D eigenvalue weighted by atomic mass is 35.7. The first-order chi connectivity index (χ1) is 7.13. The lowest BCUT2D eigenvalue weighted by molar-refractivity contribution is -0.142. The molecule has 0 bridgehead atoms. The predicted molar refractivity (Wildman–Crippen MR) is 50.7 cm³/mol. The molecule has 0 radical (unpaired) electrons. The average Bonchev–Trinajstić information content (AvgIpc) is 2.43. The molecule has 0 atom stereocenters. The summed E-state index contributed by atoms with van der Waals surface area (Å²) < 4.78 is 58.6. The number of hydrogen-bond donors (Lipinski definition) is 0. The maximum Gasteiger partial charge on any atom is 0.408 e. The Morgan fingerprint density at radius 2 is 2.06 bits per heavy atom. The van der Waals surface area contributed by atoms with Crippen molar-refractivity contribution in [2.24, 2.45) is 0 Å². The van der Waals surface area contributed by atoms with E-state index in [2.05, 4.69) is 5.10 Å². The molecule has 0 aliphatic rings. The van der Waals surface area contributed by atoms with Crippen LogP contribution in [-0.4, -0.2) is 24.4 Å². The minimum absolute atomic E-state index is 0.166. The first-order valence-electron chi connectivity index (χ1n) is 4.21. The van der Waals surface area contributed by atoms with Crippen LogP contribution in [0.3, 0.4) is 0 Å². The Morgan fingerprint density at radius 3 is 2.38 bits per heavy atom. The van der Waals surface area contributed by atoms with Gasteiger partial charge in [-0.2, -0.15) is 18.3 Å². The zero-order valence-electron chi connectivity index (χ0n) is 8.12. The van der Waals surface area contributed by atoms with E-state index in [0.29, 0.717) is 4.68 Å². The fourth-order valence-corrected chi connectivity index (χ4v) is 2.26. The Morgan fingerprint density at radius 1 is 1.50 bits per heavy atom. The van der Waals surface area contributed by atoms with Gasteiger partial charge in [-0.05, 0) is 6.42 Å². The van der Waals surface area contributed by atoms with Crippen LogP contribution >= 0.6 is 10.7 Å². The van der Waals surface area contributed by atoms with Crippen molar-refractivity contribution < 1.29 is 21.6 Å². The molecule has 1 heterocycles. The third-order valence-corrected chi connectivity index (χ3v) is 3.00. The Labute approximate surface area is 94.4 Å². The van der Waals surface area contributed by atoms with E-state index < -0.39 is 26.8 Å². The molecule has 0 unspecified atom stereocenters. The summed E-state index contributed by atoms with van der Waals surface area (Å²) in [5.41, 5.74) is 0.166. The van der Waals surface area contributed by atoms with Gasteiger partial charge in [0.2, 0.25) is 0 Å². The highest BCUT2D eigenvalue weighted by molar-refractivity contribution is 8.13. The summed E-state index contributed by atoms with van der Waals surface area (Å²) in [4.78, 5) is 0. The number of aromatic nitrogens is 2. The van der Waals surface area contributed by atoms with Gasteiger partial charge in [0.15, 0.2) is 5.03 Å². The molecule has 1 aromatic heterocycles. The second-order valence-corrected chi connectivity index (χ2v) is 5.54. The van der Waals surface area contributed by atoms with Crippen LogP contribution in [0.2, 0.25) is 0 Å². The van der Waals surface area contributed by atoms with Crippen LogP contribution in [-0.2, 0) is 22.0 Å². The van der Waals surface area contributed by atoms with Crippen molar-refractivity contribution in [2.75, 3.05) is 0 Å². The molecular formula is C7H8ClF3N2O2S. The summed E-state index contributed by atoms with van der Waals surface area (Å²) >= 11 is 0. The van der Waals surface area contributed by atoms with E-state index in [9.17, 15) is 21.6 Å². The predicted octanol–water partition coefficient (Wildman–Crippen LogP) is 1.94. The summed E-state index contributed by atoms with van der Waals surface area (Å²) in [5.74, 6) is 0. The molecule has 0 aromatic carbocycles. The molecule has 0 saturated carbocycles. The normalized spacial score (nSPS) is 13.1. The zero-order valence-corrected chi connectivity index (χ0v) is 9.70. The standard InChI is InChI=1S/C7H8ClF3N2O2S/c1-2-5-3-13(4-7(9,10)11)12-6(5)16(8,14)15/h3H,2,4H2,1H3. The van der Waals surface area contributed by atoms with E-state index in [1.54, 1.807) is 6.92 Å². The van der Waals surface area contributed by atoms with Crippen molar-refractivity contribution in [1.82, 2.24) is 9.78 Å². The number of nitrogens with zero attached hydrogens (tertiary/aromatic N) is 2. The minimum Gasteiger partial charge on any atom is -0.262 e. The summed E-state index contributed by atoms with van der Waals surface area (Å²) in [6, 6.07) is 0. The zero-order chi connectivity index (χ0) is 12.6. The third kappa shape index (κ3) is 3.38. The smallest absolute Gasteiger partial charge is 0.262 e. The molecule has 0 aliphatic carbocycles. The van der Waals surface area contributed by atoms with Gasteiger partial charge in [0.25, 0.3) is 9.05 Å². The molecule has 0 spiro atoms. The molecule has 16 heavy (non-hydrogen) atoms. The van der Waals surface area contributed by atoms with E-state index in [0.717, 1.165) is 6.20 Å². The van der Waals surface area contributed by atoms with Crippen molar-refractivity contribution in [2.45, 2.75) is 31.1 Å². The van der Waals surface area contributed by atoms with Gasteiger partial charge in [-0.1, -0.05) is 6.92 Å². The summed E-state index contributed by atoms with van der Waals surface area (Å²) in [5, 5.41) is 2.80. The van der Waals surface area contributed by atoms with Gasteiger partial charge in [-0.25, -0.2) is 8.42 Å². The highest BCUT2D eigenvalue weighted by Crippen LogP contribution is 2.22. The van der Waals surface area contributed by atoms with E-state index in [1.807, 2.05) is 0 Å². The summed E-state index contributed by atoms with van der Waals surface area (Å²) in [7, 11) is 0.935. The Hall–Kier alpha value is -0.760. The second-order valence-electron chi connectivity index (χ2n) is 3.06. The number of hydrogen-bond acceptors (Lipinski definition) is 3. The lowest BCUT2D eigenvalue weighted by Gasteiger charge is -2.04. The molecular weight excluding hydrogens is 269 g/mol. The molecule has 0 N–H and O–H groups in total. The van der Waals surface area contributed by atoms with Crippen molar-refractivity contribution >= 4 is 19.7 Å². The maximum atomic E-state index is 12.0. The van der Waals surface area contributed by atoms with Crippen LogP contribution in [0.4, 0.5) is 13.2 Å². The first-order valence-corrected chi connectivity index (χ1v) is 6.52. The molecule has 0 aliphatic heterocycles. The molecule has 9 heteroatoms. The van der Waals surface area contributed by atoms with Crippen LogP contribution < -0.4 is 0 Å². The SMILES string of the molecule is CCc1cn(CC(F)(F)F)nc1S(=O)(=O)Cl. The molecule has 0 fully saturated rings. The van der Waals surface area contributed by atoms with E-state index in [4.69, 9.17) is 10.7 Å². The van der Waals surface area contributed by atoms with Crippen LogP contribution in [0, 0.1) is 0 Å². The molecule has 1 rings (SSSR count). The third-order valence-electron chi connectivity index (χ3n) is 1.75. The average molecular weight is 277 g/mol. The van der Waals surface area contributed by atoms with Crippen LogP contribution in [0.15, 0.2) is 11.2 Å². The lowest BCUT2D eigenvalue weighted by Crippen LogP contribution is -2.18. The van der Waals surface area contributed by atoms with Gasteiger partial charge >= 0.3 is 6.18 Å². The van der Waals surface area contributed by atoms with Crippen LogP contribution in [0.5, 0.6) is 0 Å². The quantitative estimate of drug-likeness (QED) is 0.793. The number of halogens is 4. The minimum atomic E-state index is -4.45. The second kappa shape index (κ2) is 4.25. The number of alkyl halides is 3. The van der Waals surface area contributed by atoms with Gasteiger partial charge in [0.1, 0.15) is 6.54 Å². The molecule has 0 saturated heterocycles. The Kier molecular flexibility index (Phi) is 3.53. The molecule has 1 aromatic rings. The maximum absolute atomic E-state index is 12.0. The van der Waals surface area contributed by atoms with Gasteiger partial charge in [-0.15, -0.1) is 0 Å². The van der Waals surface area contributed by atoms with Gasteiger partial charge in [0, 0.05) is 22.4 Å². The van der Waals surface area contributed by atoms with E-state index in [-0.39, 0.29) is 12.0 Å². The van der Waals surface area contributed by atoms with Crippen LogP contribution in [0.1, 0.15) is 12.5 Å². The van der Waals surface area contributed by atoms with Crippen LogP contribution in [0.25, 0.3) is 0 Å². The fraction of sp³-hybridized carbons (Fsp3) is 0.571. The number of rotatable bonds is 3. The van der Waals surface area contributed by atoms with Crippen molar-refractivity contribution in [3.05, 3.63) is 11.8 Å². The Balaban J connectivity index is 3.14. The topological polar surface area (TPSA) is 52.0 Å². The first kappa shape index (κ1) is 13.3. The highest BCUT2D eigenvalue weighted by Gasteiger charge is 2.30. The van der Waals surface area contributed by atoms with E-state index >= 15 is 0 Å². The monoisotopic (exact) mass is 276 g/mol. The van der Waals surface area contributed by atoms with Crippen molar-refractivity contribution in [3.63, 3.8) is 0 Å². The van der Waals surface area contributed by atoms with Gasteiger partial charge in [-0.3, -0.25) is 4.68 Å². The molecule has 0 amide bonds. The Bertz CT molecular complexity index is 480. The van der Waals surface area contributed by atoms with Gasteiger partial charge in [0.05, 0.1) is 0 Å². The summed E-state index contributed by atoms with van der Waals surface area (Å²) in [6.07, 6.45) is -3.19.